The Kier molecular flexibility index (Phi) is 2.18. The molecule has 0 fully saturated rings. The van der Waals surface area contributed by atoms with Crippen LogP contribution in [-0.4, -0.2) is 12.3 Å². The van der Waals surface area contributed by atoms with Gasteiger partial charge < -0.3 is 9.26 Å². The van der Waals surface area contributed by atoms with Crippen LogP contribution < -0.4 is 4.74 Å². The van der Waals surface area contributed by atoms with Crippen molar-refractivity contribution in [1.82, 2.24) is 5.16 Å². The molecule has 1 aromatic carbocycles. The molecular weight excluding hydrogens is 185 g/mol. The molecule has 0 radical (unpaired) electrons. The van der Waals surface area contributed by atoms with E-state index < -0.39 is 5.82 Å². The van der Waals surface area contributed by atoms with Gasteiger partial charge in [0.25, 0.3) is 0 Å². The molecule has 4 heteroatoms. The zero-order valence-corrected chi connectivity index (χ0v) is 7.53. The van der Waals surface area contributed by atoms with Crippen LogP contribution in [0.15, 0.2) is 35.1 Å². The molecule has 0 saturated carbocycles. The fourth-order valence-electron chi connectivity index (χ4n) is 1.27. The molecule has 0 N–H and O–H groups in total. The van der Waals surface area contributed by atoms with Gasteiger partial charge in [-0.15, -0.1) is 0 Å². The maximum absolute atomic E-state index is 13.3. The van der Waals surface area contributed by atoms with E-state index in [1.54, 1.807) is 18.2 Å². The van der Waals surface area contributed by atoms with Gasteiger partial charge in [-0.1, -0.05) is 11.2 Å². The van der Waals surface area contributed by atoms with Crippen LogP contribution in [0.5, 0.6) is 5.75 Å². The molecule has 0 aliphatic rings. The normalized spacial score (nSPS) is 10.1. The van der Waals surface area contributed by atoms with Gasteiger partial charge in [0.15, 0.2) is 11.6 Å². The van der Waals surface area contributed by atoms with Crippen molar-refractivity contribution in [1.29, 1.82) is 0 Å². The number of halogens is 1. The summed E-state index contributed by atoms with van der Waals surface area (Å²) >= 11 is 0. The van der Waals surface area contributed by atoms with E-state index in [0.29, 0.717) is 11.3 Å². The molecule has 0 unspecified atom stereocenters. The number of hydrogen-bond acceptors (Lipinski definition) is 3. The average Bonchev–Trinajstić information content (AvgIpc) is 2.70. The standard InChI is InChI=1S/C10H8FNO2/c1-13-10-7(3-2-4-8(10)11)9-5-6-14-12-9/h2-6H,1H3. The summed E-state index contributed by atoms with van der Waals surface area (Å²) in [5.74, 6) is -0.227. The van der Waals surface area contributed by atoms with Crippen LogP contribution in [0.4, 0.5) is 4.39 Å². The van der Waals surface area contributed by atoms with Crippen LogP contribution in [0.25, 0.3) is 11.3 Å². The summed E-state index contributed by atoms with van der Waals surface area (Å²) in [7, 11) is 1.42. The highest BCUT2D eigenvalue weighted by Gasteiger charge is 2.12. The molecule has 0 amide bonds. The third-order valence-corrected chi connectivity index (χ3v) is 1.88. The van der Waals surface area contributed by atoms with E-state index in [9.17, 15) is 4.39 Å². The van der Waals surface area contributed by atoms with Gasteiger partial charge in [0.1, 0.15) is 12.0 Å². The highest BCUT2D eigenvalue weighted by atomic mass is 19.1. The summed E-state index contributed by atoms with van der Waals surface area (Å²) in [5, 5.41) is 3.71. The summed E-state index contributed by atoms with van der Waals surface area (Å²) in [5.41, 5.74) is 1.14. The van der Waals surface area contributed by atoms with E-state index in [4.69, 9.17) is 4.74 Å². The van der Waals surface area contributed by atoms with Gasteiger partial charge in [-0.25, -0.2) is 4.39 Å². The lowest BCUT2D eigenvalue weighted by atomic mass is 10.1. The van der Waals surface area contributed by atoms with Crippen molar-refractivity contribution in [2.45, 2.75) is 0 Å². The Hall–Kier alpha value is -1.84. The molecule has 0 atom stereocenters. The molecule has 2 aromatic rings. The van der Waals surface area contributed by atoms with Crippen LogP contribution in [0.3, 0.4) is 0 Å². The molecule has 72 valence electrons. The first kappa shape index (κ1) is 8.74. The Morgan fingerprint density at radius 2 is 2.21 bits per heavy atom. The molecule has 3 nitrogen and oxygen atoms in total. The smallest absolute Gasteiger partial charge is 0.165 e. The Morgan fingerprint density at radius 1 is 1.36 bits per heavy atom. The summed E-state index contributed by atoms with van der Waals surface area (Å²) in [6, 6.07) is 6.31. The van der Waals surface area contributed by atoms with E-state index in [-0.39, 0.29) is 5.75 Å². The summed E-state index contributed by atoms with van der Waals surface area (Å²) in [4.78, 5) is 0. The SMILES string of the molecule is COc1c(F)cccc1-c1ccon1. The number of aromatic nitrogens is 1. The monoisotopic (exact) mass is 193 g/mol. The lowest BCUT2D eigenvalue weighted by Crippen LogP contribution is -1.91. The number of para-hydroxylation sites is 1. The summed E-state index contributed by atoms with van der Waals surface area (Å²) < 4.78 is 22.9. The van der Waals surface area contributed by atoms with Crippen LogP contribution >= 0.6 is 0 Å². The maximum atomic E-state index is 13.3. The zero-order chi connectivity index (χ0) is 9.97. The first-order valence-corrected chi connectivity index (χ1v) is 4.06. The first-order valence-electron chi connectivity index (χ1n) is 4.06. The van der Waals surface area contributed by atoms with Gasteiger partial charge in [0.2, 0.25) is 0 Å². The molecular formula is C10H8FNO2. The van der Waals surface area contributed by atoms with Crippen LogP contribution in [0, 0.1) is 5.82 Å². The lowest BCUT2D eigenvalue weighted by Gasteiger charge is -2.05. The molecule has 1 aromatic heterocycles. The molecule has 0 aliphatic heterocycles. The zero-order valence-electron chi connectivity index (χ0n) is 7.53. The molecule has 2 rings (SSSR count). The third-order valence-electron chi connectivity index (χ3n) is 1.88. The van der Waals surface area contributed by atoms with E-state index >= 15 is 0 Å². The number of benzene rings is 1. The molecule has 0 spiro atoms. The van der Waals surface area contributed by atoms with E-state index in [0.717, 1.165) is 0 Å². The minimum atomic E-state index is -0.409. The third kappa shape index (κ3) is 1.35. The van der Waals surface area contributed by atoms with E-state index in [2.05, 4.69) is 9.68 Å². The number of nitrogens with zero attached hydrogens (tertiary/aromatic N) is 1. The van der Waals surface area contributed by atoms with Crippen LogP contribution in [0.2, 0.25) is 0 Å². The molecule has 1 heterocycles. The predicted octanol–water partition coefficient (Wildman–Crippen LogP) is 2.49. The molecule has 0 aliphatic carbocycles. The Balaban J connectivity index is 2.58. The van der Waals surface area contributed by atoms with Gasteiger partial charge in [-0.2, -0.15) is 0 Å². The highest BCUT2D eigenvalue weighted by molar-refractivity contribution is 5.66. The van der Waals surface area contributed by atoms with Crippen molar-refractivity contribution >= 4 is 0 Å². The first-order chi connectivity index (χ1) is 6.83. The maximum Gasteiger partial charge on any atom is 0.165 e. The van der Waals surface area contributed by atoms with Crippen molar-refractivity contribution < 1.29 is 13.7 Å². The largest absolute Gasteiger partial charge is 0.493 e. The van der Waals surface area contributed by atoms with Gasteiger partial charge in [0, 0.05) is 11.6 Å². The minimum absolute atomic E-state index is 0.182. The number of methoxy groups -OCH3 is 1. The summed E-state index contributed by atoms with van der Waals surface area (Å²) in [6.45, 7) is 0. The van der Waals surface area contributed by atoms with Crippen LogP contribution in [-0.2, 0) is 0 Å². The quantitative estimate of drug-likeness (QED) is 0.734. The average molecular weight is 193 g/mol. The van der Waals surface area contributed by atoms with E-state index in [1.807, 2.05) is 0 Å². The lowest BCUT2D eigenvalue weighted by molar-refractivity contribution is 0.386. The second-order valence-electron chi connectivity index (χ2n) is 2.71. The fraction of sp³-hybridized carbons (Fsp3) is 0.100. The topological polar surface area (TPSA) is 35.3 Å². The Morgan fingerprint density at radius 3 is 2.86 bits per heavy atom. The van der Waals surface area contributed by atoms with Crippen LogP contribution in [0.1, 0.15) is 0 Å². The minimum Gasteiger partial charge on any atom is -0.493 e. The molecule has 0 saturated heterocycles. The fourth-order valence-corrected chi connectivity index (χ4v) is 1.27. The van der Waals surface area contributed by atoms with Crippen molar-refractivity contribution in [2.75, 3.05) is 7.11 Å². The number of ether oxygens (including phenoxy) is 1. The summed E-state index contributed by atoms with van der Waals surface area (Å²) in [6.07, 6.45) is 1.43. The van der Waals surface area contributed by atoms with Gasteiger partial charge in [-0.05, 0) is 12.1 Å². The molecule has 0 bridgehead atoms. The van der Waals surface area contributed by atoms with Gasteiger partial charge >= 0.3 is 0 Å². The Bertz CT molecular complexity index is 426. The van der Waals surface area contributed by atoms with Crippen molar-refractivity contribution in [2.24, 2.45) is 0 Å². The second-order valence-corrected chi connectivity index (χ2v) is 2.71. The second kappa shape index (κ2) is 3.49. The Labute approximate surface area is 80.1 Å². The predicted molar refractivity (Wildman–Crippen MR) is 48.4 cm³/mol. The molecule has 14 heavy (non-hydrogen) atoms. The number of hydrogen-bond donors (Lipinski definition) is 0. The van der Waals surface area contributed by atoms with E-state index in [1.165, 1.54) is 19.4 Å². The van der Waals surface area contributed by atoms with Gasteiger partial charge in [-0.3, -0.25) is 0 Å². The van der Waals surface area contributed by atoms with Gasteiger partial charge in [0.05, 0.1) is 7.11 Å². The highest BCUT2D eigenvalue weighted by Crippen LogP contribution is 2.30. The van der Waals surface area contributed by atoms with Crippen molar-refractivity contribution in [3.8, 4) is 17.0 Å². The van der Waals surface area contributed by atoms with Crippen molar-refractivity contribution in [3.05, 3.63) is 36.3 Å². The van der Waals surface area contributed by atoms with Crippen molar-refractivity contribution in [3.63, 3.8) is 0 Å². The number of rotatable bonds is 2.